The van der Waals surface area contributed by atoms with Crippen molar-refractivity contribution in [1.82, 2.24) is 10.2 Å². The van der Waals surface area contributed by atoms with Gasteiger partial charge in [-0.1, -0.05) is 19.3 Å². The predicted octanol–water partition coefficient (Wildman–Crippen LogP) is 3.61. The largest absolute Gasteiger partial charge is 0.347 e. The van der Waals surface area contributed by atoms with Crippen molar-refractivity contribution < 1.29 is 9.18 Å². The van der Waals surface area contributed by atoms with Crippen molar-refractivity contribution in [2.75, 3.05) is 32.0 Å². The van der Waals surface area contributed by atoms with Gasteiger partial charge in [0.05, 0.1) is 6.54 Å². The number of nitrogens with one attached hydrogen (secondary N) is 2. The van der Waals surface area contributed by atoms with Crippen LogP contribution in [0.15, 0.2) is 29.3 Å². The highest BCUT2D eigenvalue weighted by molar-refractivity contribution is 14.0. The van der Waals surface area contributed by atoms with E-state index in [0.717, 1.165) is 19.0 Å². The molecule has 1 aromatic carbocycles. The van der Waals surface area contributed by atoms with E-state index in [-0.39, 0.29) is 42.2 Å². The lowest BCUT2D eigenvalue weighted by Crippen LogP contribution is -2.44. The van der Waals surface area contributed by atoms with E-state index in [9.17, 15) is 9.18 Å². The van der Waals surface area contributed by atoms with Crippen molar-refractivity contribution in [2.24, 2.45) is 10.4 Å². The quantitative estimate of drug-likeness (QED) is 0.400. The number of guanidine groups is 1. The van der Waals surface area contributed by atoms with E-state index in [1.165, 1.54) is 50.7 Å². The molecular formula is C19H28FIN4O. The number of benzene rings is 1. The van der Waals surface area contributed by atoms with Crippen molar-refractivity contribution in [1.29, 1.82) is 0 Å². The fourth-order valence-electron chi connectivity index (χ4n) is 4.06. The molecule has 2 fully saturated rings. The van der Waals surface area contributed by atoms with E-state index in [0.29, 0.717) is 11.1 Å². The molecule has 26 heavy (non-hydrogen) atoms. The summed E-state index contributed by atoms with van der Waals surface area (Å²) in [5.74, 6) is 0.304. The van der Waals surface area contributed by atoms with E-state index in [2.05, 4.69) is 20.5 Å². The van der Waals surface area contributed by atoms with Gasteiger partial charge in [-0.25, -0.2) is 4.39 Å². The van der Waals surface area contributed by atoms with Crippen LogP contribution >= 0.6 is 24.0 Å². The normalized spacial score (nSPS) is 19.2. The number of carbonyl (C=O) groups excluding carboxylic acids is 1. The van der Waals surface area contributed by atoms with Crippen LogP contribution in [0.2, 0.25) is 0 Å². The highest BCUT2D eigenvalue weighted by atomic mass is 127. The van der Waals surface area contributed by atoms with Gasteiger partial charge in [-0.3, -0.25) is 9.79 Å². The minimum Gasteiger partial charge on any atom is -0.347 e. The second-order valence-corrected chi connectivity index (χ2v) is 7.19. The van der Waals surface area contributed by atoms with Gasteiger partial charge in [0.1, 0.15) is 5.82 Å². The van der Waals surface area contributed by atoms with E-state index in [1.807, 2.05) is 0 Å². The Kier molecular flexibility index (Phi) is 7.67. The first-order valence-corrected chi connectivity index (χ1v) is 9.11. The molecule has 0 bridgehead atoms. The molecule has 1 spiro atoms. The lowest BCUT2D eigenvalue weighted by atomic mass is 9.73. The summed E-state index contributed by atoms with van der Waals surface area (Å²) in [7, 11) is 1.76. The molecule has 1 amide bonds. The fourth-order valence-corrected chi connectivity index (χ4v) is 4.06. The van der Waals surface area contributed by atoms with Crippen LogP contribution in [-0.2, 0) is 4.79 Å². The molecule has 1 aliphatic heterocycles. The highest BCUT2D eigenvalue weighted by Gasteiger charge is 2.39. The molecule has 2 N–H and O–H groups in total. The second kappa shape index (κ2) is 9.53. The van der Waals surface area contributed by atoms with Crippen LogP contribution in [0.1, 0.15) is 38.5 Å². The van der Waals surface area contributed by atoms with E-state index in [4.69, 9.17) is 0 Å². The molecule has 144 valence electrons. The van der Waals surface area contributed by atoms with Crippen LogP contribution in [-0.4, -0.2) is 43.4 Å². The molecule has 3 rings (SSSR count). The van der Waals surface area contributed by atoms with Gasteiger partial charge in [0, 0.05) is 25.8 Å². The summed E-state index contributed by atoms with van der Waals surface area (Å²) in [6.07, 6.45) is 7.87. The zero-order valence-corrected chi connectivity index (χ0v) is 17.6. The van der Waals surface area contributed by atoms with Crippen LogP contribution in [0.5, 0.6) is 0 Å². The number of carbonyl (C=O) groups is 1. The minimum atomic E-state index is -0.317. The van der Waals surface area contributed by atoms with Gasteiger partial charge < -0.3 is 15.5 Å². The van der Waals surface area contributed by atoms with Crippen molar-refractivity contribution in [3.8, 4) is 0 Å². The number of rotatable bonds is 3. The first-order chi connectivity index (χ1) is 12.1. The Labute approximate surface area is 171 Å². The molecule has 0 atom stereocenters. The Morgan fingerprint density at radius 3 is 2.54 bits per heavy atom. The Bertz CT molecular complexity index is 629. The van der Waals surface area contributed by atoms with E-state index < -0.39 is 0 Å². The average Bonchev–Trinajstić information content (AvgIpc) is 3.01. The maximum atomic E-state index is 12.9. The van der Waals surface area contributed by atoms with Gasteiger partial charge in [-0.15, -0.1) is 24.0 Å². The molecule has 1 aliphatic carbocycles. The van der Waals surface area contributed by atoms with Crippen LogP contribution < -0.4 is 10.6 Å². The third-order valence-electron chi connectivity index (χ3n) is 5.40. The number of anilines is 1. The molecule has 1 aromatic rings. The number of likely N-dealkylation sites (tertiary alicyclic amines) is 1. The lowest BCUT2D eigenvalue weighted by Gasteiger charge is -2.33. The number of aliphatic imine (C=N–C) groups is 1. The zero-order chi connectivity index (χ0) is 17.7. The zero-order valence-electron chi connectivity index (χ0n) is 15.3. The Balaban J connectivity index is 0.00000243. The van der Waals surface area contributed by atoms with Crippen molar-refractivity contribution >= 4 is 41.5 Å². The Morgan fingerprint density at radius 2 is 1.88 bits per heavy atom. The van der Waals surface area contributed by atoms with Gasteiger partial charge in [0.2, 0.25) is 5.91 Å². The number of halogens is 2. The maximum Gasteiger partial charge on any atom is 0.243 e. The van der Waals surface area contributed by atoms with Gasteiger partial charge in [-0.2, -0.15) is 0 Å². The summed E-state index contributed by atoms with van der Waals surface area (Å²) < 4.78 is 12.9. The minimum absolute atomic E-state index is 0. The van der Waals surface area contributed by atoms with Crippen molar-refractivity contribution in [3.05, 3.63) is 30.1 Å². The molecule has 2 aliphatic rings. The number of hydrogen-bond donors (Lipinski definition) is 2. The summed E-state index contributed by atoms with van der Waals surface area (Å²) in [4.78, 5) is 18.7. The fraction of sp³-hybridized carbons (Fsp3) is 0.579. The van der Waals surface area contributed by atoms with Crippen LogP contribution in [0.3, 0.4) is 0 Å². The molecule has 0 unspecified atom stereocenters. The van der Waals surface area contributed by atoms with E-state index in [1.54, 1.807) is 19.2 Å². The third-order valence-corrected chi connectivity index (χ3v) is 5.40. The van der Waals surface area contributed by atoms with Gasteiger partial charge in [0.15, 0.2) is 5.96 Å². The molecule has 1 heterocycles. The maximum absolute atomic E-state index is 12.9. The second-order valence-electron chi connectivity index (χ2n) is 7.19. The molecule has 1 saturated carbocycles. The third kappa shape index (κ3) is 5.31. The Hall–Kier alpha value is -1.38. The van der Waals surface area contributed by atoms with Crippen LogP contribution in [0.4, 0.5) is 10.1 Å². The Morgan fingerprint density at radius 1 is 1.19 bits per heavy atom. The summed E-state index contributed by atoms with van der Waals surface area (Å²) in [5.41, 5.74) is 1.04. The van der Waals surface area contributed by atoms with Crippen LogP contribution in [0.25, 0.3) is 0 Å². The highest BCUT2D eigenvalue weighted by Crippen LogP contribution is 2.43. The number of nitrogens with zero attached hydrogens (tertiary/aromatic N) is 2. The monoisotopic (exact) mass is 474 g/mol. The summed E-state index contributed by atoms with van der Waals surface area (Å²) >= 11 is 0. The predicted molar refractivity (Wildman–Crippen MR) is 114 cm³/mol. The molecule has 0 radical (unpaired) electrons. The van der Waals surface area contributed by atoms with Gasteiger partial charge in [0.25, 0.3) is 0 Å². The molecule has 1 saturated heterocycles. The number of hydrogen-bond acceptors (Lipinski definition) is 2. The first-order valence-electron chi connectivity index (χ1n) is 9.11. The molecular weight excluding hydrogens is 446 g/mol. The summed E-state index contributed by atoms with van der Waals surface area (Å²) in [6.45, 7) is 2.18. The van der Waals surface area contributed by atoms with Gasteiger partial charge in [-0.05, 0) is 48.9 Å². The average molecular weight is 474 g/mol. The summed E-state index contributed by atoms with van der Waals surface area (Å²) in [6, 6.07) is 5.76. The van der Waals surface area contributed by atoms with Crippen molar-refractivity contribution in [3.63, 3.8) is 0 Å². The standard InChI is InChI=1S/C19H27FN4O.HI/c1-21-18(24-12-11-19(14-24)9-3-2-4-10-19)22-13-17(25)23-16-7-5-15(20)6-8-16;/h5-8H,2-4,9-14H2,1H3,(H,21,22)(H,23,25);1H. The van der Waals surface area contributed by atoms with E-state index >= 15 is 0 Å². The molecule has 7 heteroatoms. The topological polar surface area (TPSA) is 56.7 Å². The summed E-state index contributed by atoms with van der Waals surface area (Å²) in [5, 5.41) is 5.91. The first kappa shape index (κ1) is 20.9. The molecule has 0 aromatic heterocycles. The SMILES string of the molecule is CN=C(NCC(=O)Nc1ccc(F)cc1)N1CCC2(CCCCC2)C1.I. The number of amides is 1. The van der Waals surface area contributed by atoms with Crippen LogP contribution in [0, 0.1) is 11.2 Å². The molecule has 5 nitrogen and oxygen atoms in total. The van der Waals surface area contributed by atoms with Gasteiger partial charge >= 0.3 is 0 Å². The smallest absolute Gasteiger partial charge is 0.243 e. The lowest BCUT2D eigenvalue weighted by molar-refractivity contribution is -0.115. The van der Waals surface area contributed by atoms with Crippen molar-refractivity contribution in [2.45, 2.75) is 38.5 Å².